The number of benzene rings is 2. The molecule has 2 aromatic carbocycles. The van der Waals surface area contributed by atoms with Crippen LogP contribution in [0.1, 0.15) is 16.1 Å². The van der Waals surface area contributed by atoms with E-state index in [1.165, 1.54) is 0 Å². The third-order valence-electron chi connectivity index (χ3n) is 3.64. The number of halogens is 1. The minimum absolute atomic E-state index is 0.284. The van der Waals surface area contributed by atoms with E-state index in [-0.39, 0.29) is 5.91 Å². The lowest BCUT2D eigenvalue weighted by molar-refractivity contribution is 0.102. The largest absolute Gasteiger partial charge is 0.497 e. The summed E-state index contributed by atoms with van der Waals surface area (Å²) < 4.78 is 10.9. The van der Waals surface area contributed by atoms with Crippen molar-refractivity contribution in [2.24, 2.45) is 0 Å². The Hall–Kier alpha value is -2.72. The molecule has 0 atom stereocenters. The number of rotatable bonds is 4. The highest BCUT2D eigenvalue weighted by Gasteiger charge is 2.17. The predicted molar refractivity (Wildman–Crippen MR) is 94.8 cm³/mol. The van der Waals surface area contributed by atoms with E-state index in [0.717, 1.165) is 5.56 Å². The maximum absolute atomic E-state index is 12.6. The molecule has 24 heavy (non-hydrogen) atoms. The van der Waals surface area contributed by atoms with Gasteiger partial charge in [-0.2, -0.15) is 0 Å². The van der Waals surface area contributed by atoms with Gasteiger partial charge >= 0.3 is 0 Å². The second kappa shape index (κ2) is 6.81. The Morgan fingerprint density at radius 2 is 1.88 bits per heavy atom. The van der Waals surface area contributed by atoms with Crippen molar-refractivity contribution in [2.75, 3.05) is 12.4 Å². The molecule has 0 saturated carbocycles. The maximum Gasteiger partial charge on any atom is 0.259 e. The van der Waals surface area contributed by atoms with E-state index >= 15 is 0 Å². The first-order chi connectivity index (χ1) is 11.6. The highest BCUT2D eigenvalue weighted by atomic mass is 35.5. The normalized spacial score (nSPS) is 10.5. The zero-order chi connectivity index (χ0) is 17.1. The Bertz CT molecular complexity index is 872. The van der Waals surface area contributed by atoms with Crippen molar-refractivity contribution in [1.29, 1.82) is 0 Å². The fourth-order valence-corrected chi connectivity index (χ4v) is 2.53. The summed E-state index contributed by atoms with van der Waals surface area (Å²) in [6.07, 6.45) is 0. The van der Waals surface area contributed by atoms with E-state index in [0.29, 0.717) is 33.5 Å². The van der Waals surface area contributed by atoms with Crippen LogP contribution in [0.25, 0.3) is 11.3 Å². The summed E-state index contributed by atoms with van der Waals surface area (Å²) in [5, 5.41) is 3.23. The Morgan fingerprint density at radius 3 is 2.58 bits per heavy atom. The summed E-state index contributed by atoms with van der Waals surface area (Å²) in [6.45, 7) is 1.76. The quantitative estimate of drug-likeness (QED) is 0.712. The fourth-order valence-electron chi connectivity index (χ4n) is 2.37. The molecule has 0 saturated heterocycles. The van der Waals surface area contributed by atoms with Crippen LogP contribution in [0.5, 0.6) is 5.75 Å². The standard InChI is InChI=1S/C19H16ClNO3/c1-12-15(11-18(24-12)13-6-4-3-5-7-13)19(22)21-17-10-14(23-2)8-9-16(17)20/h3-11H,1-2H3,(H,21,22). The number of anilines is 1. The number of furan rings is 1. The summed E-state index contributed by atoms with van der Waals surface area (Å²) in [5.74, 6) is 1.53. The van der Waals surface area contributed by atoms with Crippen LogP contribution >= 0.6 is 11.6 Å². The van der Waals surface area contributed by atoms with Crippen LogP contribution in [0.3, 0.4) is 0 Å². The van der Waals surface area contributed by atoms with Crippen LogP contribution in [-0.4, -0.2) is 13.0 Å². The lowest BCUT2D eigenvalue weighted by Crippen LogP contribution is -2.12. The minimum atomic E-state index is -0.284. The molecule has 122 valence electrons. The monoisotopic (exact) mass is 341 g/mol. The molecular weight excluding hydrogens is 326 g/mol. The van der Waals surface area contributed by atoms with Crippen molar-refractivity contribution in [3.05, 3.63) is 70.9 Å². The molecule has 0 aliphatic carbocycles. The van der Waals surface area contributed by atoms with E-state index in [4.69, 9.17) is 20.8 Å². The third kappa shape index (κ3) is 3.29. The molecule has 0 spiro atoms. The molecule has 0 bridgehead atoms. The van der Waals surface area contributed by atoms with E-state index in [9.17, 15) is 4.79 Å². The van der Waals surface area contributed by atoms with Crippen molar-refractivity contribution in [3.8, 4) is 17.1 Å². The number of carbonyl (C=O) groups excluding carboxylic acids is 1. The summed E-state index contributed by atoms with van der Waals surface area (Å²) in [5.41, 5.74) is 1.87. The van der Waals surface area contributed by atoms with Gasteiger partial charge in [-0.15, -0.1) is 0 Å². The first kappa shape index (κ1) is 16.1. The fraction of sp³-hybridized carbons (Fsp3) is 0.105. The zero-order valence-electron chi connectivity index (χ0n) is 13.3. The lowest BCUT2D eigenvalue weighted by Gasteiger charge is -2.08. The number of hydrogen-bond acceptors (Lipinski definition) is 3. The average Bonchev–Trinajstić information content (AvgIpc) is 2.99. The van der Waals surface area contributed by atoms with Gasteiger partial charge in [0.15, 0.2) is 0 Å². The summed E-state index contributed by atoms with van der Waals surface area (Å²) in [6, 6.07) is 16.4. The SMILES string of the molecule is COc1ccc(Cl)c(NC(=O)c2cc(-c3ccccc3)oc2C)c1. The molecule has 0 fully saturated rings. The molecule has 0 aliphatic rings. The zero-order valence-corrected chi connectivity index (χ0v) is 14.1. The van der Waals surface area contributed by atoms with Gasteiger partial charge in [-0.25, -0.2) is 0 Å². The molecule has 0 unspecified atom stereocenters. The Labute approximate surface area is 145 Å². The smallest absolute Gasteiger partial charge is 0.259 e. The van der Waals surface area contributed by atoms with Gasteiger partial charge < -0.3 is 14.5 Å². The topological polar surface area (TPSA) is 51.5 Å². The number of carbonyl (C=O) groups is 1. The van der Waals surface area contributed by atoms with E-state index in [1.54, 1.807) is 38.3 Å². The molecule has 1 aromatic heterocycles. The third-order valence-corrected chi connectivity index (χ3v) is 3.97. The number of aryl methyl sites for hydroxylation is 1. The van der Waals surface area contributed by atoms with Crippen molar-refractivity contribution < 1.29 is 13.9 Å². The Balaban J connectivity index is 1.87. The van der Waals surface area contributed by atoms with Crippen LogP contribution < -0.4 is 10.1 Å². The molecule has 1 N–H and O–H groups in total. The number of nitrogens with one attached hydrogen (secondary N) is 1. The van der Waals surface area contributed by atoms with E-state index in [1.807, 2.05) is 30.3 Å². The number of amides is 1. The first-order valence-corrected chi connectivity index (χ1v) is 7.77. The van der Waals surface area contributed by atoms with Crippen LogP contribution in [0.2, 0.25) is 5.02 Å². The van der Waals surface area contributed by atoms with Gasteiger partial charge in [0.1, 0.15) is 17.3 Å². The first-order valence-electron chi connectivity index (χ1n) is 7.39. The summed E-state index contributed by atoms with van der Waals surface area (Å²) >= 11 is 6.13. The average molecular weight is 342 g/mol. The van der Waals surface area contributed by atoms with Crippen LogP contribution in [0.15, 0.2) is 59.0 Å². The molecular formula is C19H16ClNO3. The second-order valence-electron chi connectivity index (χ2n) is 5.25. The van der Waals surface area contributed by atoms with Crippen molar-refractivity contribution in [1.82, 2.24) is 0 Å². The molecule has 1 heterocycles. The van der Waals surface area contributed by atoms with Crippen molar-refractivity contribution in [3.63, 3.8) is 0 Å². The molecule has 0 aliphatic heterocycles. The van der Waals surface area contributed by atoms with Gasteiger partial charge in [0.25, 0.3) is 5.91 Å². The summed E-state index contributed by atoms with van der Waals surface area (Å²) in [7, 11) is 1.56. The van der Waals surface area contributed by atoms with Gasteiger partial charge in [0.05, 0.1) is 23.4 Å². The van der Waals surface area contributed by atoms with Gasteiger partial charge in [-0.3, -0.25) is 4.79 Å². The molecule has 4 nitrogen and oxygen atoms in total. The van der Waals surface area contributed by atoms with Crippen LogP contribution in [0, 0.1) is 6.92 Å². The minimum Gasteiger partial charge on any atom is -0.497 e. The van der Waals surface area contributed by atoms with Crippen molar-refractivity contribution >= 4 is 23.2 Å². The molecule has 3 aromatic rings. The number of methoxy groups -OCH3 is 1. The van der Waals surface area contributed by atoms with Gasteiger partial charge in [0.2, 0.25) is 0 Å². The number of ether oxygens (including phenoxy) is 1. The van der Waals surface area contributed by atoms with Gasteiger partial charge in [-0.1, -0.05) is 41.9 Å². The lowest BCUT2D eigenvalue weighted by atomic mass is 10.1. The molecule has 5 heteroatoms. The Kier molecular flexibility index (Phi) is 4.58. The number of hydrogen-bond donors (Lipinski definition) is 1. The van der Waals surface area contributed by atoms with Gasteiger partial charge in [-0.05, 0) is 25.1 Å². The van der Waals surface area contributed by atoms with E-state index < -0.39 is 0 Å². The van der Waals surface area contributed by atoms with Crippen LogP contribution in [-0.2, 0) is 0 Å². The Morgan fingerprint density at radius 1 is 1.12 bits per heavy atom. The second-order valence-corrected chi connectivity index (χ2v) is 5.65. The van der Waals surface area contributed by atoms with Gasteiger partial charge in [0, 0.05) is 11.6 Å². The molecule has 3 rings (SSSR count). The highest BCUT2D eigenvalue weighted by Crippen LogP contribution is 2.29. The summed E-state index contributed by atoms with van der Waals surface area (Å²) in [4.78, 5) is 12.6. The molecule has 0 radical (unpaired) electrons. The van der Waals surface area contributed by atoms with Crippen LogP contribution in [0.4, 0.5) is 5.69 Å². The van der Waals surface area contributed by atoms with Crippen molar-refractivity contribution in [2.45, 2.75) is 6.92 Å². The maximum atomic E-state index is 12.6. The van der Waals surface area contributed by atoms with E-state index in [2.05, 4.69) is 5.32 Å². The highest BCUT2D eigenvalue weighted by molar-refractivity contribution is 6.34. The predicted octanol–water partition coefficient (Wildman–Crippen LogP) is 5.17. The molecule has 1 amide bonds.